The highest BCUT2D eigenvalue weighted by molar-refractivity contribution is 7.88. The van der Waals surface area contributed by atoms with Crippen molar-refractivity contribution in [1.82, 2.24) is 4.31 Å². The van der Waals surface area contributed by atoms with Gasteiger partial charge in [0, 0.05) is 6.04 Å². The van der Waals surface area contributed by atoms with Gasteiger partial charge in [-0.2, -0.15) is 0 Å². The fourth-order valence-electron chi connectivity index (χ4n) is 4.11. The minimum absolute atomic E-state index is 0.258. The number of nitrogens with zero attached hydrogens (tertiary/aromatic N) is 1. The average Bonchev–Trinajstić information content (AvgIpc) is 2.56. The number of rotatable bonds is 8. The van der Waals surface area contributed by atoms with Gasteiger partial charge in [0.05, 0.1) is 18.9 Å². The molecule has 1 unspecified atom stereocenters. The van der Waals surface area contributed by atoms with Gasteiger partial charge >= 0.3 is 0 Å². The zero-order valence-corrected chi connectivity index (χ0v) is 19.8. The first-order valence-corrected chi connectivity index (χ1v) is 13.6. The Labute approximate surface area is 167 Å². The van der Waals surface area contributed by atoms with Crippen molar-refractivity contribution < 1.29 is 12.8 Å². The summed E-state index contributed by atoms with van der Waals surface area (Å²) in [6.45, 7) is 15.4. The SMILES string of the molecule is CC(c1ccccc1)N(C#CCO[Si](C(C)C)(C(C)C)C(C)C)S(C)(=O)=O. The van der Waals surface area contributed by atoms with Crippen LogP contribution in [-0.2, 0) is 14.4 Å². The topological polar surface area (TPSA) is 46.6 Å². The first-order valence-electron chi connectivity index (χ1n) is 9.61. The molecule has 0 N–H and O–H groups in total. The molecule has 0 amide bonds. The molecule has 0 saturated carbocycles. The monoisotopic (exact) mass is 409 g/mol. The van der Waals surface area contributed by atoms with E-state index >= 15 is 0 Å². The summed E-state index contributed by atoms with van der Waals surface area (Å²) in [5.41, 5.74) is 2.31. The lowest BCUT2D eigenvalue weighted by Crippen LogP contribution is -2.47. The summed E-state index contributed by atoms with van der Waals surface area (Å²) in [4.78, 5) is 0. The zero-order valence-electron chi connectivity index (χ0n) is 18.0. The third-order valence-corrected chi connectivity index (χ3v) is 12.5. The minimum Gasteiger partial charge on any atom is -0.405 e. The maximum absolute atomic E-state index is 12.3. The van der Waals surface area contributed by atoms with Gasteiger partial charge in [0.25, 0.3) is 0 Å². The molecule has 0 aromatic heterocycles. The molecule has 1 rings (SSSR count). The van der Waals surface area contributed by atoms with Crippen molar-refractivity contribution in [2.24, 2.45) is 0 Å². The molecule has 1 aromatic rings. The van der Waals surface area contributed by atoms with Crippen molar-refractivity contribution in [2.75, 3.05) is 12.9 Å². The summed E-state index contributed by atoms with van der Waals surface area (Å²) in [5.74, 6) is 2.97. The molecule has 6 heteroatoms. The summed E-state index contributed by atoms with van der Waals surface area (Å²) in [6, 6.07) is 12.0. The summed E-state index contributed by atoms with van der Waals surface area (Å²) >= 11 is 0. The van der Waals surface area contributed by atoms with Crippen LogP contribution >= 0.6 is 0 Å². The summed E-state index contributed by atoms with van der Waals surface area (Å²) in [5, 5.41) is 0. The lowest BCUT2D eigenvalue weighted by molar-refractivity contribution is 0.321. The highest BCUT2D eigenvalue weighted by Crippen LogP contribution is 2.42. The van der Waals surface area contributed by atoms with E-state index in [0.29, 0.717) is 16.6 Å². The molecule has 0 aliphatic heterocycles. The van der Waals surface area contributed by atoms with Crippen LogP contribution in [0, 0.1) is 12.0 Å². The molecule has 1 aromatic carbocycles. The van der Waals surface area contributed by atoms with Gasteiger partial charge in [-0.3, -0.25) is 0 Å². The highest BCUT2D eigenvalue weighted by atomic mass is 32.2. The van der Waals surface area contributed by atoms with Crippen LogP contribution in [0.1, 0.15) is 60.1 Å². The lowest BCUT2D eigenvalue weighted by atomic mass is 10.1. The Morgan fingerprint density at radius 1 is 0.963 bits per heavy atom. The van der Waals surface area contributed by atoms with Crippen molar-refractivity contribution in [1.29, 1.82) is 0 Å². The van der Waals surface area contributed by atoms with Gasteiger partial charge in [-0.25, -0.2) is 12.7 Å². The van der Waals surface area contributed by atoms with E-state index in [-0.39, 0.29) is 12.6 Å². The molecule has 0 spiro atoms. The Balaban J connectivity index is 3.05. The molecular weight excluding hydrogens is 374 g/mol. The maximum Gasteiger partial charge on any atom is 0.239 e. The van der Waals surface area contributed by atoms with Crippen LogP contribution in [-0.4, -0.2) is 33.9 Å². The van der Waals surface area contributed by atoms with Gasteiger partial charge in [-0.05, 0) is 29.1 Å². The second-order valence-corrected chi connectivity index (χ2v) is 15.4. The minimum atomic E-state index is -3.46. The lowest BCUT2D eigenvalue weighted by Gasteiger charge is -2.41. The molecule has 1 atom stereocenters. The van der Waals surface area contributed by atoms with Gasteiger partial charge in [-0.1, -0.05) is 77.8 Å². The van der Waals surface area contributed by atoms with Crippen LogP contribution in [0.3, 0.4) is 0 Å². The van der Waals surface area contributed by atoms with Gasteiger partial charge in [0.2, 0.25) is 18.3 Å². The van der Waals surface area contributed by atoms with E-state index in [1.807, 2.05) is 37.3 Å². The van der Waals surface area contributed by atoms with Gasteiger partial charge in [0.1, 0.15) is 0 Å². The van der Waals surface area contributed by atoms with Crippen LogP contribution in [0.2, 0.25) is 16.6 Å². The van der Waals surface area contributed by atoms with Gasteiger partial charge in [0.15, 0.2) is 0 Å². The van der Waals surface area contributed by atoms with E-state index < -0.39 is 18.3 Å². The maximum atomic E-state index is 12.3. The van der Waals surface area contributed by atoms with Crippen LogP contribution in [0.15, 0.2) is 30.3 Å². The predicted octanol–water partition coefficient (Wildman–Crippen LogP) is 5.16. The molecule has 0 aliphatic rings. The number of hydrogen-bond donors (Lipinski definition) is 0. The molecule has 0 radical (unpaired) electrons. The Bertz CT molecular complexity index is 727. The van der Waals surface area contributed by atoms with Crippen molar-refractivity contribution in [3.8, 4) is 12.0 Å². The normalized spacial score (nSPS) is 13.6. The number of sulfonamides is 1. The molecule has 27 heavy (non-hydrogen) atoms. The fourth-order valence-corrected chi connectivity index (χ4v) is 10.4. The predicted molar refractivity (Wildman–Crippen MR) is 116 cm³/mol. The van der Waals surface area contributed by atoms with Crippen LogP contribution in [0.25, 0.3) is 0 Å². The molecule has 0 fully saturated rings. The van der Waals surface area contributed by atoms with E-state index in [2.05, 4.69) is 53.5 Å². The molecule has 0 saturated heterocycles. The first-order chi connectivity index (χ1) is 12.4. The Kier molecular flexibility index (Phi) is 8.59. The quantitative estimate of drug-likeness (QED) is 0.338. The molecular formula is C21H35NO3SSi. The molecule has 4 nitrogen and oxygen atoms in total. The Hall–Kier alpha value is -1.29. The van der Waals surface area contributed by atoms with Crippen molar-refractivity contribution in [3.63, 3.8) is 0 Å². The largest absolute Gasteiger partial charge is 0.405 e. The van der Waals surface area contributed by atoms with Crippen LogP contribution in [0.4, 0.5) is 0 Å². The second kappa shape index (κ2) is 9.77. The third kappa shape index (κ3) is 5.84. The Morgan fingerprint density at radius 2 is 1.44 bits per heavy atom. The number of benzene rings is 1. The molecule has 0 heterocycles. The smallest absolute Gasteiger partial charge is 0.239 e. The zero-order chi connectivity index (χ0) is 20.8. The van der Waals surface area contributed by atoms with E-state index in [4.69, 9.17) is 4.43 Å². The first kappa shape index (κ1) is 23.7. The highest BCUT2D eigenvalue weighted by Gasteiger charge is 2.44. The Morgan fingerprint density at radius 3 is 1.85 bits per heavy atom. The van der Waals surface area contributed by atoms with E-state index in [1.54, 1.807) is 0 Å². The van der Waals surface area contributed by atoms with Crippen molar-refractivity contribution in [2.45, 2.75) is 71.1 Å². The summed E-state index contributed by atoms with van der Waals surface area (Å²) in [7, 11) is -5.47. The molecule has 152 valence electrons. The third-order valence-electron chi connectivity index (χ3n) is 5.28. The molecule has 0 aliphatic carbocycles. The standard InChI is InChI=1S/C21H35NO3SSi/c1-17(2)27(18(3)4,19(5)6)25-16-12-15-22(26(8,23)24)20(7)21-13-10-9-11-14-21/h9-11,13-14,17-20H,16H2,1-8H3. The van der Waals surface area contributed by atoms with E-state index in [1.165, 1.54) is 10.6 Å². The summed E-state index contributed by atoms with van der Waals surface area (Å²) in [6.07, 6.45) is 1.19. The van der Waals surface area contributed by atoms with Crippen molar-refractivity contribution >= 4 is 18.3 Å². The fraction of sp³-hybridized carbons (Fsp3) is 0.619. The van der Waals surface area contributed by atoms with Crippen LogP contribution < -0.4 is 0 Å². The second-order valence-electron chi connectivity index (χ2n) is 8.04. The van der Waals surface area contributed by atoms with E-state index in [0.717, 1.165) is 5.56 Å². The van der Waals surface area contributed by atoms with Crippen LogP contribution in [0.5, 0.6) is 0 Å². The summed E-state index contributed by atoms with van der Waals surface area (Å²) < 4.78 is 32.1. The van der Waals surface area contributed by atoms with Crippen molar-refractivity contribution in [3.05, 3.63) is 35.9 Å². The molecule has 0 bridgehead atoms. The number of hydrogen-bond acceptors (Lipinski definition) is 3. The average molecular weight is 410 g/mol. The van der Waals surface area contributed by atoms with E-state index in [9.17, 15) is 8.42 Å². The van der Waals surface area contributed by atoms with Gasteiger partial charge in [-0.15, -0.1) is 0 Å². The van der Waals surface area contributed by atoms with Gasteiger partial charge < -0.3 is 4.43 Å².